The molecule has 5 rings (SSSR count). The summed E-state index contributed by atoms with van der Waals surface area (Å²) in [5.41, 5.74) is 7.07. The predicted molar refractivity (Wildman–Crippen MR) is 205 cm³/mol. The number of fused-ring (bicyclic) bond motifs is 1. The van der Waals surface area contributed by atoms with Crippen LogP contribution in [0.5, 0.6) is 5.88 Å². The number of nitrogen functional groups attached to an aromatic ring is 1. The van der Waals surface area contributed by atoms with Gasteiger partial charge in [-0.1, -0.05) is 106 Å². The van der Waals surface area contributed by atoms with Crippen molar-refractivity contribution in [3.05, 3.63) is 124 Å². The predicted octanol–water partition coefficient (Wildman–Crippen LogP) is 5.42. The van der Waals surface area contributed by atoms with Crippen LogP contribution >= 0.6 is 11.6 Å². The zero-order chi connectivity index (χ0) is 37.7. The summed E-state index contributed by atoms with van der Waals surface area (Å²) in [7, 11) is -4.14. The molecule has 0 saturated heterocycles. The fourth-order valence-electron chi connectivity index (χ4n) is 6.37. The minimum Gasteiger partial charge on any atom is -0.493 e. The second-order valence-corrected chi connectivity index (χ2v) is 16.3. The van der Waals surface area contributed by atoms with Gasteiger partial charge in [0.15, 0.2) is 0 Å². The average molecular weight is 748 g/mol. The molecule has 0 radical (unpaired) electrons. The molecule has 4 aromatic carbocycles. The van der Waals surface area contributed by atoms with Crippen LogP contribution in [0.3, 0.4) is 0 Å². The van der Waals surface area contributed by atoms with E-state index in [0.29, 0.717) is 0 Å². The number of benzene rings is 4. The van der Waals surface area contributed by atoms with Gasteiger partial charge in [0.1, 0.15) is 6.04 Å². The number of rotatable bonds is 15. The number of nitrogens with one attached hydrogen (secondary N) is 1. The number of nitrogens with two attached hydrogens (primary N) is 1. The quantitative estimate of drug-likeness (QED) is 0.104. The van der Waals surface area contributed by atoms with Gasteiger partial charge in [-0.05, 0) is 64.4 Å². The molecule has 3 atom stereocenters. The standard InChI is InChI=1S/C39H46ClN5O6S/c1-25(2)21-43(52(50,51)31-16-17-32(40)33(41)20-31)23-35(46)34(19-27-10-6-5-7-11-27)42-38(48)37(26(3)4)45-24-36(47)44(39(45)49)22-28-14-15-29-12-8-9-13-30(29)18-28/h5-18,20,24-26,34-35,37,46-47H,19,21-23,41H2,1-4H3,(H,42,48)/t34-,35+,37-/m0/s1. The normalized spacial score (nSPS) is 13.9. The Kier molecular flexibility index (Phi) is 12.2. The highest BCUT2D eigenvalue weighted by atomic mass is 35.5. The van der Waals surface area contributed by atoms with Crippen molar-refractivity contribution in [3.63, 3.8) is 0 Å². The maximum Gasteiger partial charge on any atom is 0.332 e. The highest BCUT2D eigenvalue weighted by Crippen LogP contribution is 2.27. The number of imidazole rings is 1. The molecule has 0 bridgehead atoms. The first-order valence-corrected chi connectivity index (χ1v) is 19.0. The molecule has 11 nitrogen and oxygen atoms in total. The van der Waals surface area contributed by atoms with Crippen LogP contribution in [0.1, 0.15) is 44.9 Å². The molecule has 0 aliphatic rings. The molecule has 1 heterocycles. The molecule has 5 N–H and O–H groups in total. The number of aliphatic hydroxyl groups is 1. The molecule has 0 aliphatic carbocycles. The van der Waals surface area contributed by atoms with Gasteiger partial charge in [-0.15, -0.1) is 0 Å². The van der Waals surface area contributed by atoms with E-state index in [4.69, 9.17) is 17.3 Å². The Hall–Kier alpha value is -4.62. The second-order valence-electron chi connectivity index (χ2n) is 13.9. The minimum absolute atomic E-state index is 0.0712. The molecule has 0 fully saturated rings. The number of aromatic hydroxyl groups is 1. The van der Waals surface area contributed by atoms with Crippen molar-refractivity contribution >= 4 is 44.0 Å². The Balaban J connectivity index is 1.44. The number of hydrogen-bond donors (Lipinski definition) is 4. The van der Waals surface area contributed by atoms with E-state index < -0.39 is 45.7 Å². The maximum atomic E-state index is 14.2. The fraction of sp³-hybridized carbons (Fsp3) is 0.333. The van der Waals surface area contributed by atoms with Gasteiger partial charge < -0.3 is 21.3 Å². The third-order valence-electron chi connectivity index (χ3n) is 8.99. The molecular formula is C39H46ClN5O6S. The Morgan fingerprint density at radius 2 is 1.58 bits per heavy atom. The summed E-state index contributed by atoms with van der Waals surface area (Å²) in [5, 5.41) is 27.9. The molecule has 1 aromatic heterocycles. The number of aliphatic hydroxyl groups excluding tert-OH is 1. The van der Waals surface area contributed by atoms with Gasteiger partial charge in [0, 0.05) is 13.1 Å². The lowest BCUT2D eigenvalue weighted by molar-refractivity contribution is -0.127. The Morgan fingerprint density at radius 3 is 2.23 bits per heavy atom. The number of sulfonamides is 1. The van der Waals surface area contributed by atoms with Crippen molar-refractivity contribution in [1.29, 1.82) is 0 Å². The van der Waals surface area contributed by atoms with Gasteiger partial charge in [-0.2, -0.15) is 4.31 Å². The van der Waals surface area contributed by atoms with Crippen molar-refractivity contribution in [2.24, 2.45) is 11.8 Å². The lowest BCUT2D eigenvalue weighted by Gasteiger charge is -2.32. The van der Waals surface area contributed by atoms with Crippen molar-refractivity contribution in [2.75, 3.05) is 18.8 Å². The number of amides is 1. The SMILES string of the molecule is CC(C)CN(C[C@@H](O)[C@H](Cc1ccccc1)NC(=O)[C@H](C(C)C)n1cc(O)n(Cc2ccc3ccccc3c2)c1=O)S(=O)(=O)c1ccc(Cl)c(N)c1. The molecule has 0 saturated carbocycles. The zero-order valence-electron chi connectivity index (χ0n) is 29.7. The molecule has 276 valence electrons. The monoisotopic (exact) mass is 747 g/mol. The van der Waals surface area contributed by atoms with Gasteiger partial charge in [0.2, 0.25) is 21.8 Å². The highest BCUT2D eigenvalue weighted by molar-refractivity contribution is 7.89. The summed E-state index contributed by atoms with van der Waals surface area (Å²) in [5.74, 6) is -1.37. The van der Waals surface area contributed by atoms with Crippen LogP contribution in [0.25, 0.3) is 10.8 Å². The topological polar surface area (TPSA) is 160 Å². The maximum absolute atomic E-state index is 14.2. The number of halogens is 1. The molecule has 13 heteroatoms. The zero-order valence-corrected chi connectivity index (χ0v) is 31.3. The summed E-state index contributed by atoms with van der Waals surface area (Å²) in [4.78, 5) is 27.9. The number of carbonyl (C=O) groups is 1. The van der Waals surface area contributed by atoms with Gasteiger partial charge in [0.05, 0.1) is 40.5 Å². The molecule has 0 aliphatic heterocycles. The Morgan fingerprint density at radius 1 is 0.904 bits per heavy atom. The first kappa shape index (κ1) is 38.6. The smallest absolute Gasteiger partial charge is 0.332 e. The third-order valence-corrected chi connectivity index (χ3v) is 11.2. The van der Waals surface area contributed by atoms with E-state index in [0.717, 1.165) is 21.9 Å². The van der Waals surface area contributed by atoms with Gasteiger partial charge in [-0.25, -0.2) is 13.2 Å². The van der Waals surface area contributed by atoms with Crippen LogP contribution in [0, 0.1) is 11.8 Å². The van der Waals surface area contributed by atoms with Crippen LogP contribution in [-0.2, 0) is 27.8 Å². The third kappa shape index (κ3) is 8.87. The van der Waals surface area contributed by atoms with Crippen LogP contribution in [-0.4, -0.2) is 63.2 Å². The van der Waals surface area contributed by atoms with Crippen LogP contribution in [0.15, 0.2) is 107 Å². The number of carbonyl (C=O) groups excluding carboxylic acids is 1. The van der Waals surface area contributed by atoms with Crippen molar-refractivity contribution < 1.29 is 23.4 Å². The number of anilines is 1. The van der Waals surface area contributed by atoms with E-state index >= 15 is 0 Å². The summed E-state index contributed by atoms with van der Waals surface area (Å²) in [6.45, 7) is 7.13. The fourth-order valence-corrected chi connectivity index (χ4v) is 8.14. The van der Waals surface area contributed by atoms with Crippen LogP contribution in [0.2, 0.25) is 5.02 Å². The molecule has 0 unspecified atom stereocenters. The number of hydrogen-bond acceptors (Lipinski definition) is 7. The van der Waals surface area contributed by atoms with Gasteiger partial charge in [0.25, 0.3) is 0 Å². The van der Waals surface area contributed by atoms with Crippen LogP contribution in [0.4, 0.5) is 5.69 Å². The number of aromatic nitrogens is 2. The van der Waals surface area contributed by atoms with E-state index in [-0.39, 0.29) is 53.5 Å². The molecule has 52 heavy (non-hydrogen) atoms. The average Bonchev–Trinajstić information content (AvgIpc) is 3.36. The van der Waals surface area contributed by atoms with Crippen molar-refractivity contribution in [3.8, 4) is 5.88 Å². The molecule has 5 aromatic rings. The van der Waals surface area contributed by atoms with Gasteiger partial charge >= 0.3 is 5.69 Å². The Labute approximate surface area is 309 Å². The van der Waals surface area contributed by atoms with Crippen molar-refractivity contribution in [1.82, 2.24) is 18.8 Å². The van der Waals surface area contributed by atoms with Crippen LogP contribution < -0.4 is 16.7 Å². The summed E-state index contributed by atoms with van der Waals surface area (Å²) in [6, 6.07) is 24.9. The molecular weight excluding hydrogens is 702 g/mol. The Bertz CT molecular complexity index is 2180. The van der Waals surface area contributed by atoms with E-state index in [9.17, 15) is 28.2 Å². The summed E-state index contributed by atoms with van der Waals surface area (Å²) >= 11 is 6.06. The summed E-state index contributed by atoms with van der Waals surface area (Å²) in [6.07, 6.45) is 0.0636. The van der Waals surface area contributed by atoms with E-state index in [2.05, 4.69) is 5.32 Å². The van der Waals surface area contributed by atoms with E-state index in [1.54, 1.807) is 13.8 Å². The molecule has 1 amide bonds. The van der Waals surface area contributed by atoms with E-state index in [1.807, 2.05) is 86.6 Å². The largest absolute Gasteiger partial charge is 0.493 e. The van der Waals surface area contributed by atoms with Crippen molar-refractivity contribution in [2.45, 2.75) is 63.7 Å². The lowest BCUT2D eigenvalue weighted by atomic mass is 9.98. The first-order valence-electron chi connectivity index (χ1n) is 17.2. The summed E-state index contributed by atoms with van der Waals surface area (Å²) < 4.78 is 31.4. The van der Waals surface area contributed by atoms with Gasteiger partial charge in [-0.3, -0.25) is 13.9 Å². The lowest BCUT2D eigenvalue weighted by Crippen LogP contribution is -2.53. The second kappa shape index (κ2) is 16.4. The first-order chi connectivity index (χ1) is 24.6. The molecule has 0 spiro atoms. The highest BCUT2D eigenvalue weighted by Gasteiger charge is 2.34. The number of nitrogens with zero attached hydrogens (tertiary/aromatic N) is 3. The minimum atomic E-state index is -4.14. The van der Waals surface area contributed by atoms with E-state index in [1.165, 1.54) is 37.8 Å².